The van der Waals surface area contributed by atoms with Gasteiger partial charge in [0.2, 0.25) is 5.88 Å². The minimum absolute atomic E-state index is 0.120. The molecule has 0 aliphatic heterocycles. The van der Waals surface area contributed by atoms with Crippen molar-refractivity contribution in [3.63, 3.8) is 0 Å². The van der Waals surface area contributed by atoms with Gasteiger partial charge in [-0.05, 0) is 32.1 Å². The number of aromatic nitrogens is 2. The van der Waals surface area contributed by atoms with Crippen molar-refractivity contribution >= 4 is 11.8 Å². The largest absolute Gasteiger partial charge is 0.493 e. The van der Waals surface area contributed by atoms with Gasteiger partial charge in [-0.3, -0.25) is 19.1 Å². The van der Waals surface area contributed by atoms with Crippen LogP contribution < -0.4 is 5.69 Å². The van der Waals surface area contributed by atoms with Gasteiger partial charge in [0.05, 0.1) is 5.69 Å². The number of carbonyl (C=O) groups is 2. The fourth-order valence-corrected chi connectivity index (χ4v) is 3.75. The molecule has 7 nitrogen and oxygen atoms in total. The van der Waals surface area contributed by atoms with E-state index in [1.807, 2.05) is 0 Å². The number of nitrogens with zero attached hydrogens (tertiary/aromatic N) is 1. The lowest BCUT2D eigenvalue weighted by Gasteiger charge is -2.20. The number of hydrogen-bond acceptors (Lipinski definition) is 4. The molecule has 1 aliphatic carbocycles. The van der Waals surface area contributed by atoms with Crippen LogP contribution in [-0.2, 0) is 22.6 Å². The predicted octanol–water partition coefficient (Wildman–Crippen LogP) is 3.00. The van der Waals surface area contributed by atoms with Crippen LogP contribution in [-0.4, -0.2) is 31.5 Å². The van der Waals surface area contributed by atoms with E-state index in [0.717, 1.165) is 44.9 Å². The summed E-state index contributed by atoms with van der Waals surface area (Å²) in [4.78, 5) is 37.3. The molecule has 0 unspecified atom stereocenters. The van der Waals surface area contributed by atoms with Gasteiger partial charge in [-0.2, -0.15) is 0 Å². The van der Waals surface area contributed by atoms with Gasteiger partial charge in [0.25, 0.3) is 0 Å². The van der Waals surface area contributed by atoms with Crippen molar-refractivity contribution in [2.24, 2.45) is 5.92 Å². The molecule has 0 amide bonds. The second-order valence-corrected chi connectivity index (χ2v) is 7.24. The third-order valence-corrected chi connectivity index (χ3v) is 5.27. The number of aromatic amines is 1. The quantitative estimate of drug-likeness (QED) is 0.521. The van der Waals surface area contributed by atoms with Gasteiger partial charge < -0.3 is 10.2 Å². The van der Waals surface area contributed by atoms with Gasteiger partial charge in [0.1, 0.15) is 5.78 Å². The molecule has 0 saturated heterocycles. The Hall–Kier alpha value is -2.05. The first-order valence-electron chi connectivity index (χ1n) is 9.74. The average molecular weight is 366 g/mol. The van der Waals surface area contributed by atoms with Crippen LogP contribution in [0.4, 0.5) is 0 Å². The second kappa shape index (κ2) is 10.2. The molecule has 1 aromatic heterocycles. The number of rotatable bonds is 11. The number of carboxylic acids is 1. The molecule has 1 fully saturated rings. The predicted molar refractivity (Wildman–Crippen MR) is 97.3 cm³/mol. The number of hydrogen-bond donors (Lipinski definition) is 3. The lowest BCUT2D eigenvalue weighted by atomic mass is 9.85. The number of H-pyrrole nitrogens is 1. The Morgan fingerprint density at radius 2 is 1.73 bits per heavy atom. The minimum atomic E-state index is -0.787. The van der Waals surface area contributed by atoms with E-state index in [9.17, 15) is 19.5 Å². The Morgan fingerprint density at radius 3 is 2.42 bits per heavy atom. The van der Waals surface area contributed by atoms with E-state index in [-0.39, 0.29) is 29.7 Å². The Balaban J connectivity index is 1.83. The van der Waals surface area contributed by atoms with Gasteiger partial charge >= 0.3 is 11.7 Å². The van der Waals surface area contributed by atoms with E-state index in [1.54, 1.807) is 0 Å². The Labute approximate surface area is 153 Å². The smallest absolute Gasteiger partial charge is 0.328 e. The molecule has 0 bridgehead atoms. The van der Waals surface area contributed by atoms with Crippen LogP contribution >= 0.6 is 0 Å². The third kappa shape index (κ3) is 6.04. The summed E-state index contributed by atoms with van der Waals surface area (Å²) in [6.45, 7) is 0.305. The molecule has 7 heteroatoms. The van der Waals surface area contributed by atoms with Crippen LogP contribution in [0, 0.1) is 5.92 Å². The molecule has 0 spiro atoms. The van der Waals surface area contributed by atoms with E-state index >= 15 is 0 Å². The highest BCUT2D eigenvalue weighted by Crippen LogP contribution is 2.25. The molecule has 1 heterocycles. The fourth-order valence-electron chi connectivity index (χ4n) is 3.75. The number of carboxylic acid groups (broad SMARTS) is 1. The monoisotopic (exact) mass is 366 g/mol. The van der Waals surface area contributed by atoms with Crippen LogP contribution in [0.2, 0.25) is 0 Å². The lowest BCUT2D eigenvalue weighted by Crippen LogP contribution is -2.24. The minimum Gasteiger partial charge on any atom is -0.493 e. The van der Waals surface area contributed by atoms with Gasteiger partial charge in [0.15, 0.2) is 0 Å². The summed E-state index contributed by atoms with van der Waals surface area (Å²) in [6, 6.07) is 0. The Bertz CT molecular complexity index is 655. The summed E-state index contributed by atoms with van der Waals surface area (Å²) in [6.07, 6.45) is 9.40. The number of Topliss-reactive ketones (excluding diaryl/α,β-unsaturated/α-hetero) is 1. The number of aromatic hydroxyl groups is 1. The summed E-state index contributed by atoms with van der Waals surface area (Å²) in [5.74, 6) is -0.558. The number of carbonyl (C=O) groups excluding carboxylic acids is 1. The number of aliphatic carboxylic acids is 1. The molecule has 2 rings (SSSR count). The molecular weight excluding hydrogens is 336 g/mol. The first-order chi connectivity index (χ1) is 12.5. The van der Waals surface area contributed by atoms with Crippen molar-refractivity contribution in [2.75, 3.05) is 0 Å². The van der Waals surface area contributed by atoms with Crippen LogP contribution in [0.3, 0.4) is 0 Å². The third-order valence-electron chi connectivity index (χ3n) is 5.27. The molecule has 3 N–H and O–H groups in total. The van der Waals surface area contributed by atoms with E-state index in [0.29, 0.717) is 31.5 Å². The molecule has 0 radical (unpaired) electrons. The molecule has 1 saturated carbocycles. The average Bonchev–Trinajstić information content (AvgIpc) is 2.89. The van der Waals surface area contributed by atoms with Crippen LogP contribution in [0.25, 0.3) is 0 Å². The topological polar surface area (TPSA) is 112 Å². The molecule has 146 valence electrons. The van der Waals surface area contributed by atoms with E-state index in [1.165, 1.54) is 11.0 Å². The van der Waals surface area contributed by atoms with Crippen LogP contribution in [0.1, 0.15) is 76.3 Å². The first kappa shape index (κ1) is 20.3. The van der Waals surface area contributed by atoms with Crippen molar-refractivity contribution < 1.29 is 19.8 Å². The second-order valence-electron chi connectivity index (χ2n) is 7.24. The maximum absolute atomic E-state index is 12.4. The zero-order chi connectivity index (χ0) is 18.9. The highest BCUT2D eigenvalue weighted by molar-refractivity contribution is 5.81. The molecule has 0 atom stereocenters. The highest BCUT2D eigenvalue weighted by atomic mass is 16.4. The number of ketones is 1. The number of imidazole rings is 1. The summed E-state index contributed by atoms with van der Waals surface area (Å²) < 4.78 is 1.48. The van der Waals surface area contributed by atoms with Crippen molar-refractivity contribution in [1.29, 1.82) is 0 Å². The normalized spacial score (nSPS) is 15.2. The van der Waals surface area contributed by atoms with Crippen molar-refractivity contribution in [3.05, 3.63) is 16.2 Å². The van der Waals surface area contributed by atoms with Crippen molar-refractivity contribution in [3.8, 4) is 5.88 Å². The van der Waals surface area contributed by atoms with Gasteiger partial charge in [-0.15, -0.1) is 0 Å². The zero-order valence-corrected chi connectivity index (χ0v) is 15.3. The molecule has 0 aromatic carbocycles. The fraction of sp³-hybridized carbons (Fsp3) is 0.737. The summed E-state index contributed by atoms with van der Waals surface area (Å²) in [5, 5.41) is 18.6. The molecule has 26 heavy (non-hydrogen) atoms. The van der Waals surface area contributed by atoms with Crippen LogP contribution in [0.15, 0.2) is 4.79 Å². The Kier molecular flexibility index (Phi) is 7.94. The lowest BCUT2D eigenvalue weighted by molar-refractivity contribution is -0.137. The van der Waals surface area contributed by atoms with Gasteiger partial charge in [0, 0.05) is 25.3 Å². The first-order valence-corrected chi connectivity index (χ1v) is 9.74. The molecule has 1 aromatic rings. The molecule has 1 aliphatic rings. The highest BCUT2D eigenvalue weighted by Gasteiger charge is 2.22. The Morgan fingerprint density at radius 1 is 1.04 bits per heavy atom. The summed E-state index contributed by atoms with van der Waals surface area (Å²) in [5.41, 5.74) is 0.171. The van der Waals surface area contributed by atoms with Crippen LogP contribution in [0.5, 0.6) is 5.88 Å². The summed E-state index contributed by atoms with van der Waals surface area (Å²) in [7, 11) is 0. The van der Waals surface area contributed by atoms with E-state index < -0.39 is 5.97 Å². The number of unbranched alkanes of at least 4 members (excludes halogenated alkanes) is 3. The van der Waals surface area contributed by atoms with Crippen molar-refractivity contribution in [2.45, 2.75) is 83.6 Å². The van der Waals surface area contributed by atoms with E-state index in [4.69, 9.17) is 5.11 Å². The standard InChI is InChI=1S/C19H30N2O5/c22-16(14-8-4-3-5-9-14)12-13-21-15(18(25)20-19(21)26)10-6-1-2-7-11-17(23)24/h14,25H,1-13H2,(H,20,26)(H,23,24). The maximum atomic E-state index is 12.4. The SMILES string of the molecule is O=C(O)CCCCCCc1c(O)[nH]c(=O)n1CCC(=O)C1CCCCC1. The number of nitrogens with one attached hydrogen (secondary N) is 1. The maximum Gasteiger partial charge on any atom is 0.328 e. The molecular formula is C19H30N2O5. The summed E-state index contributed by atoms with van der Waals surface area (Å²) >= 11 is 0. The van der Waals surface area contributed by atoms with Gasteiger partial charge in [-0.25, -0.2) is 4.79 Å². The zero-order valence-electron chi connectivity index (χ0n) is 15.3. The van der Waals surface area contributed by atoms with Crippen molar-refractivity contribution in [1.82, 2.24) is 9.55 Å². The van der Waals surface area contributed by atoms with E-state index in [2.05, 4.69) is 4.98 Å². The van der Waals surface area contributed by atoms with Gasteiger partial charge in [-0.1, -0.05) is 32.1 Å².